The molecule has 0 spiro atoms. The van der Waals surface area contributed by atoms with Crippen LogP contribution in [0.2, 0.25) is 0 Å². The van der Waals surface area contributed by atoms with E-state index in [1.807, 2.05) is 5.43 Å². The Bertz CT molecular complexity index is 410. The molecule has 4 nitrogen and oxygen atoms in total. The smallest absolute Gasteiger partial charge is 0.265 e. The first-order chi connectivity index (χ1) is 9.19. The van der Waals surface area contributed by atoms with E-state index in [1.165, 1.54) is 31.0 Å². The number of hydrogen-bond donors (Lipinski definition) is 2. The number of halogens is 1. The van der Waals surface area contributed by atoms with Crippen molar-refractivity contribution < 1.29 is 13.9 Å². The predicted octanol–water partition coefficient (Wildman–Crippen LogP) is 2.53. The molecular weight excluding hydrogens is 247 g/mol. The second-order valence-electron chi connectivity index (χ2n) is 4.39. The van der Waals surface area contributed by atoms with Crippen molar-refractivity contribution in [3.05, 3.63) is 35.1 Å². The fourth-order valence-electron chi connectivity index (χ4n) is 1.72. The van der Waals surface area contributed by atoms with Gasteiger partial charge in [-0.25, -0.2) is 10.2 Å². The number of nitrogens with one attached hydrogen (secondary N) is 1. The van der Waals surface area contributed by atoms with E-state index in [2.05, 4.69) is 6.92 Å². The summed E-state index contributed by atoms with van der Waals surface area (Å²) in [5, 5.41) is 0. The summed E-state index contributed by atoms with van der Waals surface area (Å²) in [7, 11) is 0. The van der Waals surface area contributed by atoms with Gasteiger partial charge >= 0.3 is 0 Å². The van der Waals surface area contributed by atoms with Crippen LogP contribution in [0, 0.1) is 5.82 Å². The van der Waals surface area contributed by atoms with Gasteiger partial charge in [0.1, 0.15) is 5.82 Å². The Hall–Kier alpha value is -1.46. The van der Waals surface area contributed by atoms with Crippen molar-refractivity contribution in [3.8, 4) is 0 Å². The maximum atomic E-state index is 13.5. The number of benzene rings is 1. The van der Waals surface area contributed by atoms with E-state index in [4.69, 9.17) is 10.6 Å². The Balaban J connectivity index is 2.46. The third-order valence-corrected chi connectivity index (χ3v) is 2.84. The van der Waals surface area contributed by atoms with Crippen molar-refractivity contribution >= 4 is 5.91 Å². The zero-order chi connectivity index (χ0) is 14.1. The van der Waals surface area contributed by atoms with Gasteiger partial charge in [0.25, 0.3) is 5.91 Å². The fourth-order valence-corrected chi connectivity index (χ4v) is 1.72. The van der Waals surface area contributed by atoms with Crippen molar-refractivity contribution in [2.45, 2.75) is 39.2 Å². The van der Waals surface area contributed by atoms with Crippen LogP contribution in [0.15, 0.2) is 18.2 Å². The molecule has 0 saturated heterocycles. The molecule has 106 valence electrons. The molecule has 1 aromatic carbocycles. The van der Waals surface area contributed by atoms with Gasteiger partial charge in [0.2, 0.25) is 0 Å². The Kier molecular flexibility index (Phi) is 7.07. The molecule has 0 heterocycles. The number of carbonyl (C=O) groups excluding carboxylic acids is 1. The van der Waals surface area contributed by atoms with Crippen LogP contribution < -0.4 is 11.3 Å². The van der Waals surface area contributed by atoms with E-state index in [0.29, 0.717) is 17.7 Å². The van der Waals surface area contributed by atoms with Gasteiger partial charge < -0.3 is 4.74 Å². The standard InChI is InChI=1S/C14H21FN2O2/c1-2-3-4-5-8-19-10-12-9-11(14(18)17-16)6-7-13(12)15/h6-7,9H,2-5,8,10,16H2,1H3,(H,17,18). The van der Waals surface area contributed by atoms with E-state index >= 15 is 0 Å². The summed E-state index contributed by atoms with van der Waals surface area (Å²) in [6, 6.07) is 4.10. The SMILES string of the molecule is CCCCCCOCc1cc(C(=O)NN)ccc1F. The molecule has 0 atom stereocenters. The Morgan fingerprint density at radius 1 is 1.37 bits per heavy atom. The molecule has 1 aromatic rings. The molecular formula is C14H21FN2O2. The summed E-state index contributed by atoms with van der Waals surface area (Å²) >= 11 is 0. The lowest BCUT2D eigenvalue weighted by molar-refractivity contribution is 0.0952. The normalized spacial score (nSPS) is 10.5. The lowest BCUT2D eigenvalue weighted by atomic mass is 10.1. The molecule has 0 radical (unpaired) electrons. The molecule has 3 N–H and O–H groups in total. The molecule has 0 aliphatic heterocycles. The topological polar surface area (TPSA) is 64.3 Å². The van der Waals surface area contributed by atoms with Gasteiger partial charge in [-0.05, 0) is 24.6 Å². The van der Waals surface area contributed by atoms with Crippen molar-refractivity contribution in [2.24, 2.45) is 5.84 Å². The van der Waals surface area contributed by atoms with Gasteiger partial charge in [-0.1, -0.05) is 26.2 Å². The molecule has 1 rings (SSSR count). The number of nitrogen functional groups attached to an aromatic ring is 1. The summed E-state index contributed by atoms with van der Waals surface area (Å²) in [6.07, 6.45) is 4.45. The van der Waals surface area contributed by atoms with Gasteiger partial charge in [0.05, 0.1) is 6.61 Å². The van der Waals surface area contributed by atoms with Crippen LogP contribution in [-0.4, -0.2) is 12.5 Å². The molecule has 5 heteroatoms. The van der Waals surface area contributed by atoms with Crippen molar-refractivity contribution in [2.75, 3.05) is 6.61 Å². The van der Waals surface area contributed by atoms with Crippen LogP contribution in [0.1, 0.15) is 48.5 Å². The number of carbonyl (C=O) groups is 1. The van der Waals surface area contributed by atoms with E-state index in [-0.39, 0.29) is 12.4 Å². The summed E-state index contributed by atoms with van der Waals surface area (Å²) in [5.74, 6) is 4.22. The maximum Gasteiger partial charge on any atom is 0.265 e. The number of rotatable bonds is 8. The van der Waals surface area contributed by atoms with Gasteiger partial charge in [0.15, 0.2) is 0 Å². The average molecular weight is 268 g/mol. The second-order valence-corrected chi connectivity index (χ2v) is 4.39. The van der Waals surface area contributed by atoms with Gasteiger partial charge in [-0.15, -0.1) is 0 Å². The lowest BCUT2D eigenvalue weighted by Gasteiger charge is -2.07. The summed E-state index contributed by atoms with van der Waals surface area (Å²) in [5.41, 5.74) is 2.72. The number of hydrogen-bond acceptors (Lipinski definition) is 3. The molecule has 0 bridgehead atoms. The maximum absolute atomic E-state index is 13.5. The fraction of sp³-hybridized carbons (Fsp3) is 0.500. The first kappa shape index (κ1) is 15.6. The van der Waals surface area contributed by atoms with Crippen molar-refractivity contribution in [3.63, 3.8) is 0 Å². The van der Waals surface area contributed by atoms with Crippen LogP contribution in [-0.2, 0) is 11.3 Å². The summed E-state index contributed by atoms with van der Waals surface area (Å²) in [6.45, 7) is 2.92. The number of unbranched alkanes of at least 4 members (excludes halogenated alkanes) is 3. The molecule has 1 amide bonds. The van der Waals surface area contributed by atoms with Crippen LogP contribution in [0.25, 0.3) is 0 Å². The van der Waals surface area contributed by atoms with Crippen LogP contribution >= 0.6 is 0 Å². The molecule has 0 aromatic heterocycles. The highest BCUT2D eigenvalue weighted by atomic mass is 19.1. The largest absolute Gasteiger partial charge is 0.377 e. The van der Waals surface area contributed by atoms with E-state index < -0.39 is 5.91 Å². The first-order valence-electron chi connectivity index (χ1n) is 6.56. The second kappa shape index (κ2) is 8.61. The lowest BCUT2D eigenvalue weighted by Crippen LogP contribution is -2.30. The van der Waals surface area contributed by atoms with E-state index in [0.717, 1.165) is 12.8 Å². The van der Waals surface area contributed by atoms with E-state index in [9.17, 15) is 9.18 Å². The zero-order valence-electron chi connectivity index (χ0n) is 11.2. The van der Waals surface area contributed by atoms with Crippen molar-refractivity contribution in [1.29, 1.82) is 0 Å². The molecule has 0 aliphatic rings. The first-order valence-corrected chi connectivity index (χ1v) is 6.56. The minimum absolute atomic E-state index is 0.170. The van der Waals surface area contributed by atoms with Gasteiger partial charge in [-0.3, -0.25) is 10.2 Å². The Morgan fingerprint density at radius 3 is 2.84 bits per heavy atom. The summed E-state index contributed by atoms with van der Waals surface area (Å²) < 4.78 is 18.9. The highest BCUT2D eigenvalue weighted by Gasteiger charge is 2.08. The molecule has 0 unspecified atom stereocenters. The Morgan fingerprint density at radius 2 is 2.16 bits per heavy atom. The zero-order valence-corrected chi connectivity index (χ0v) is 11.2. The third-order valence-electron chi connectivity index (χ3n) is 2.84. The van der Waals surface area contributed by atoms with Crippen molar-refractivity contribution in [1.82, 2.24) is 5.43 Å². The van der Waals surface area contributed by atoms with Crippen LogP contribution in [0.3, 0.4) is 0 Å². The third kappa shape index (κ3) is 5.36. The monoisotopic (exact) mass is 268 g/mol. The number of ether oxygens (including phenoxy) is 1. The minimum Gasteiger partial charge on any atom is -0.377 e. The highest BCUT2D eigenvalue weighted by Crippen LogP contribution is 2.12. The number of nitrogens with two attached hydrogens (primary N) is 1. The van der Waals surface area contributed by atoms with E-state index in [1.54, 1.807) is 0 Å². The average Bonchev–Trinajstić information content (AvgIpc) is 2.43. The van der Waals surface area contributed by atoms with Crippen LogP contribution in [0.4, 0.5) is 4.39 Å². The number of amides is 1. The predicted molar refractivity (Wildman–Crippen MR) is 71.9 cm³/mol. The van der Waals surface area contributed by atoms with Crippen LogP contribution in [0.5, 0.6) is 0 Å². The molecule has 0 aliphatic carbocycles. The Labute approximate surface area is 113 Å². The minimum atomic E-state index is -0.441. The van der Waals surface area contributed by atoms with Gasteiger partial charge in [0, 0.05) is 17.7 Å². The molecule has 0 saturated carbocycles. The number of hydrazine groups is 1. The molecule has 0 fully saturated rings. The highest BCUT2D eigenvalue weighted by molar-refractivity contribution is 5.93. The quantitative estimate of drug-likeness (QED) is 0.329. The molecule has 19 heavy (non-hydrogen) atoms. The summed E-state index contributed by atoms with van der Waals surface area (Å²) in [4.78, 5) is 11.3. The van der Waals surface area contributed by atoms with Gasteiger partial charge in [-0.2, -0.15) is 0 Å².